The minimum atomic E-state index is -3.76. The summed E-state index contributed by atoms with van der Waals surface area (Å²) in [7, 11) is 1.50. The van der Waals surface area contributed by atoms with Crippen LogP contribution in [0.3, 0.4) is 0 Å². The molecule has 0 aromatic heterocycles. The predicted molar refractivity (Wildman–Crippen MR) is 91.2 cm³/mol. The molecule has 12 heteroatoms. The molecular formula is C17H17F2N3O7. The van der Waals surface area contributed by atoms with E-state index in [1.165, 1.54) is 24.1 Å². The normalized spacial score (nSPS) is 16.9. The maximum absolute atomic E-state index is 13.0. The first-order chi connectivity index (χ1) is 13.6. The number of halogens is 2. The molecular weight excluding hydrogens is 396 g/mol. The van der Waals surface area contributed by atoms with Gasteiger partial charge in [-0.05, 0) is 18.6 Å². The molecule has 0 saturated carbocycles. The van der Waals surface area contributed by atoms with Crippen LogP contribution in [0.5, 0.6) is 11.5 Å². The summed E-state index contributed by atoms with van der Waals surface area (Å²) in [6, 6.07) is 3.25. The van der Waals surface area contributed by atoms with E-state index in [-0.39, 0.29) is 49.0 Å². The summed E-state index contributed by atoms with van der Waals surface area (Å²) in [5, 5.41) is 2.37. The number of fused-ring (bicyclic) bond motifs is 1. The number of imide groups is 1. The number of nitrogens with zero attached hydrogens (tertiary/aromatic N) is 2. The Morgan fingerprint density at radius 2 is 1.97 bits per heavy atom. The molecule has 0 unspecified atom stereocenters. The number of carbonyl (C=O) groups is 4. The van der Waals surface area contributed by atoms with E-state index in [0.717, 1.165) is 11.0 Å². The summed E-state index contributed by atoms with van der Waals surface area (Å²) < 4.78 is 39.3. The average molecular weight is 413 g/mol. The van der Waals surface area contributed by atoms with Crippen molar-refractivity contribution in [2.45, 2.75) is 19.1 Å². The van der Waals surface area contributed by atoms with Crippen LogP contribution in [0.2, 0.25) is 0 Å². The van der Waals surface area contributed by atoms with Gasteiger partial charge in [0.2, 0.25) is 5.91 Å². The Bertz CT molecular complexity index is 861. The Labute approximate surface area is 163 Å². The van der Waals surface area contributed by atoms with Crippen molar-refractivity contribution in [3.8, 4) is 11.5 Å². The first-order valence-corrected chi connectivity index (χ1v) is 8.55. The minimum Gasteiger partial charge on any atom is -0.456 e. The summed E-state index contributed by atoms with van der Waals surface area (Å²) in [5.74, 6) is -2.11. The van der Waals surface area contributed by atoms with Crippen molar-refractivity contribution in [1.82, 2.24) is 9.80 Å². The van der Waals surface area contributed by atoms with E-state index in [2.05, 4.69) is 14.8 Å². The number of hydrogen-bond acceptors (Lipinski definition) is 7. The SMILES string of the molecule is CN1CC(=O)N(CCCC(=O)OCC(=O)Nc2ccc3c(c2)OC(F)(F)O3)C1=O. The zero-order valence-corrected chi connectivity index (χ0v) is 15.3. The highest BCUT2D eigenvalue weighted by molar-refractivity contribution is 6.01. The monoisotopic (exact) mass is 413 g/mol. The lowest BCUT2D eigenvalue weighted by Crippen LogP contribution is -2.32. The summed E-state index contributed by atoms with van der Waals surface area (Å²) in [6.45, 7) is -0.514. The van der Waals surface area contributed by atoms with Gasteiger partial charge in [0.25, 0.3) is 5.91 Å². The van der Waals surface area contributed by atoms with Crippen LogP contribution in [0.4, 0.5) is 19.3 Å². The lowest BCUT2D eigenvalue weighted by Gasteiger charge is -2.13. The maximum Gasteiger partial charge on any atom is 0.586 e. The molecule has 1 saturated heterocycles. The summed E-state index contributed by atoms with van der Waals surface area (Å²) >= 11 is 0. The molecule has 1 aromatic rings. The standard InChI is InChI=1S/C17H17F2N3O7/c1-21-8-14(24)22(16(21)26)6-2-3-15(25)27-9-13(23)20-10-4-5-11-12(7-10)29-17(18,19)28-11/h4-5,7H,2-3,6,8-9H2,1H3,(H,20,23). The maximum atomic E-state index is 13.0. The second kappa shape index (κ2) is 7.89. The van der Waals surface area contributed by atoms with E-state index in [1.54, 1.807) is 0 Å². The van der Waals surface area contributed by atoms with Crippen molar-refractivity contribution in [1.29, 1.82) is 0 Å². The highest BCUT2D eigenvalue weighted by Crippen LogP contribution is 2.42. The van der Waals surface area contributed by atoms with Crippen LogP contribution in [0.25, 0.3) is 0 Å². The first-order valence-electron chi connectivity index (χ1n) is 8.55. The van der Waals surface area contributed by atoms with E-state index in [4.69, 9.17) is 4.74 Å². The van der Waals surface area contributed by atoms with Gasteiger partial charge < -0.3 is 24.4 Å². The number of alkyl halides is 2. The number of benzene rings is 1. The van der Waals surface area contributed by atoms with Gasteiger partial charge >= 0.3 is 18.3 Å². The molecule has 0 aliphatic carbocycles. The number of ether oxygens (including phenoxy) is 3. The molecule has 1 fully saturated rings. The van der Waals surface area contributed by atoms with Gasteiger partial charge in [0, 0.05) is 31.8 Å². The van der Waals surface area contributed by atoms with E-state index >= 15 is 0 Å². The molecule has 10 nitrogen and oxygen atoms in total. The van der Waals surface area contributed by atoms with Crippen LogP contribution in [-0.4, -0.2) is 66.7 Å². The van der Waals surface area contributed by atoms with Gasteiger partial charge in [-0.1, -0.05) is 0 Å². The van der Waals surface area contributed by atoms with Crippen molar-refractivity contribution in [3.05, 3.63) is 18.2 Å². The topological polar surface area (TPSA) is 114 Å². The molecule has 2 aliphatic heterocycles. The highest BCUT2D eigenvalue weighted by atomic mass is 19.3. The molecule has 0 radical (unpaired) electrons. The van der Waals surface area contributed by atoms with Crippen LogP contribution in [0, 0.1) is 0 Å². The fourth-order valence-electron chi connectivity index (χ4n) is 2.71. The Hall–Kier alpha value is -3.44. The molecule has 0 bridgehead atoms. The lowest BCUT2D eigenvalue weighted by molar-refractivity contribution is -0.286. The Kier molecular flexibility index (Phi) is 5.52. The molecule has 3 rings (SSSR count). The number of esters is 1. The molecule has 29 heavy (non-hydrogen) atoms. The zero-order valence-electron chi connectivity index (χ0n) is 15.3. The fourth-order valence-corrected chi connectivity index (χ4v) is 2.71. The highest BCUT2D eigenvalue weighted by Gasteiger charge is 2.43. The van der Waals surface area contributed by atoms with E-state index in [0.29, 0.717) is 0 Å². The largest absolute Gasteiger partial charge is 0.586 e. The number of anilines is 1. The third kappa shape index (κ3) is 4.89. The van der Waals surface area contributed by atoms with Crippen molar-refractivity contribution >= 4 is 29.5 Å². The Morgan fingerprint density at radius 3 is 2.66 bits per heavy atom. The molecule has 2 heterocycles. The number of rotatable bonds is 7. The van der Waals surface area contributed by atoms with Gasteiger partial charge in [0.15, 0.2) is 18.1 Å². The smallest absolute Gasteiger partial charge is 0.456 e. The zero-order chi connectivity index (χ0) is 21.2. The molecule has 2 aliphatic rings. The summed E-state index contributed by atoms with van der Waals surface area (Å²) in [6.07, 6.45) is -3.66. The van der Waals surface area contributed by atoms with Crippen LogP contribution in [0.15, 0.2) is 18.2 Å². The third-order valence-electron chi connectivity index (χ3n) is 4.04. The molecule has 1 N–H and O–H groups in total. The second-order valence-electron chi connectivity index (χ2n) is 6.33. The number of hydrogen-bond donors (Lipinski definition) is 1. The molecule has 0 atom stereocenters. The van der Waals surface area contributed by atoms with Gasteiger partial charge in [-0.3, -0.25) is 19.3 Å². The van der Waals surface area contributed by atoms with E-state index in [1.807, 2.05) is 0 Å². The fraction of sp³-hybridized carbons (Fsp3) is 0.412. The third-order valence-corrected chi connectivity index (χ3v) is 4.04. The first kappa shape index (κ1) is 20.3. The second-order valence-corrected chi connectivity index (χ2v) is 6.33. The number of carbonyl (C=O) groups excluding carboxylic acids is 4. The lowest BCUT2D eigenvalue weighted by atomic mass is 10.3. The predicted octanol–water partition coefficient (Wildman–Crippen LogP) is 1.16. The van der Waals surface area contributed by atoms with E-state index in [9.17, 15) is 28.0 Å². The van der Waals surface area contributed by atoms with Gasteiger partial charge in [-0.25, -0.2) is 4.79 Å². The van der Waals surface area contributed by atoms with Crippen LogP contribution >= 0.6 is 0 Å². The summed E-state index contributed by atoms with van der Waals surface area (Å²) in [5.41, 5.74) is 0.154. The van der Waals surface area contributed by atoms with Crippen molar-refractivity contribution < 1.29 is 42.2 Å². The Morgan fingerprint density at radius 1 is 1.24 bits per heavy atom. The molecule has 4 amide bonds. The van der Waals surface area contributed by atoms with Gasteiger partial charge in [0.1, 0.15) is 6.54 Å². The quantitative estimate of drug-likeness (QED) is 0.527. The number of urea groups is 1. The van der Waals surface area contributed by atoms with Crippen molar-refractivity contribution in [2.24, 2.45) is 0 Å². The number of likely N-dealkylation sites (N-methyl/N-ethyl adjacent to an activating group) is 1. The average Bonchev–Trinajstić information content (AvgIpc) is 3.07. The van der Waals surface area contributed by atoms with Crippen LogP contribution < -0.4 is 14.8 Å². The molecule has 0 spiro atoms. The Balaban J connectivity index is 1.38. The number of amides is 4. The van der Waals surface area contributed by atoms with Gasteiger partial charge in [0.05, 0.1) is 0 Å². The van der Waals surface area contributed by atoms with Crippen molar-refractivity contribution in [3.63, 3.8) is 0 Å². The van der Waals surface area contributed by atoms with Crippen LogP contribution in [-0.2, 0) is 19.1 Å². The van der Waals surface area contributed by atoms with Gasteiger partial charge in [-0.15, -0.1) is 8.78 Å². The number of nitrogens with one attached hydrogen (secondary N) is 1. The van der Waals surface area contributed by atoms with E-state index < -0.39 is 30.8 Å². The summed E-state index contributed by atoms with van der Waals surface area (Å²) in [4.78, 5) is 49.1. The van der Waals surface area contributed by atoms with Crippen molar-refractivity contribution in [2.75, 3.05) is 32.1 Å². The van der Waals surface area contributed by atoms with Gasteiger partial charge in [-0.2, -0.15) is 0 Å². The minimum absolute atomic E-state index is 0.000944. The molecule has 1 aromatic carbocycles. The molecule has 156 valence electrons. The van der Waals surface area contributed by atoms with Crippen LogP contribution in [0.1, 0.15) is 12.8 Å².